The van der Waals surface area contributed by atoms with Gasteiger partial charge in [0.2, 0.25) is 5.91 Å². The molecule has 0 aliphatic rings. The molecule has 28 heavy (non-hydrogen) atoms. The van der Waals surface area contributed by atoms with E-state index in [0.29, 0.717) is 0 Å². The van der Waals surface area contributed by atoms with Crippen molar-refractivity contribution in [2.24, 2.45) is 0 Å². The minimum atomic E-state index is -3.28. The molecule has 2 atom stereocenters. The second kappa shape index (κ2) is 8.94. The van der Waals surface area contributed by atoms with E-state index in [0.717, 1.165) is 11.8 Å². The summed E-state index contributed by atoms with van der Waals surface area (Å²) in [6.45, 7) is 3.31. The molecular formula is C19H20Cl2N2O4S. The average Bonchev–Trinajstić information content (AvgIpc) is 2.63. The van der Waals surface area contributed by atoms with Crippen LogP contribution in [-0.2, 0) is 14.6 Å². The molecule has 0 saturated carbocycles. The van der Waals surface area contributed by atoms with Crippen molar-refractivity contribution in [2.45, 2.75) is 30.8 Å². The largest absolute Gasteiger partial charge is 0.348 e. The lowest BCUT2D eigenvalue weighted by Crippen LogP contribution is -2.45. The van der Waals surface area contributed by atoms with Crippen LogP contribution in [0.2, 0.25) is 10.0 Å². The monoisotopic (exact) mass is 442 g/mol. The number of hydrogen-bond acceptors (Lipinski definition) is 4. The summed E-state index contributed by atoms with van der Waals surface area (Å²) < 4.78 is 23.0. The molecule has 6 nitrogen and oxygen atoms in total. The van der Waals surface area contributed by atoms with Gasteiger partial charge in [-0.1, -0.05) is 41.4 Å². The predicted octanol–water partition coefficient (Wildman–Crippen LogP) is 3.39. The molecule has 2 aromatic carbocycles. The molecule has 0 aliphatic heterocycles. The van der Waals surface area contributed by atoms with Crippen molar-refractivity contribution in [1.29, 1.82) is 0 Å². The van der Waals surface area contributed by atoms with Crippen molar-refractivity contribution >= 4 is 44.9 Å². The number of benzene rings is 2. The molecule has 2 amide bonds. The number of nitrogens with one attached hydrogen (secondary N) is 2. The van der Waals surface area contributed by atoms with Crippen LogP contribution in [0.3, 0.4) is 0 Å². The Morgan fingerprint density at radius 3 is 2.14 bits per heavy atom. The zero-order valence-corrected chi connectivity index (χ0v) is 17.8. The second-order valence-electron chi connectivity index (χ2n) is 6.37. The van der Waals surface area contributed by atoms with Crippen molar-refractivity contribution in [3.05, 3.63) is 63.6 Å². The summed E-state index contributed by atoms with van der Waals surface area (Å²) in [5.41, 5.74) is 0.912. The van der Waals surface area contributed by atoms with E-state index < -0.39 is 27.7 Å². The molecule has 0 saturated heterocycles. The summed E-state index contributed by atoms with van der Waals surface area (Å²) in [5, 5.41) is 5.72. The number of carbonyl (C=O) groups excluding carboxylic acids is 2. The van der Waals surface area contributed by atoms with E-state index in [9.17, 15) is 18.0 Å². The first kappa shape index (κ1) is 22.2. The molecule has 0 radical (unpaired) electrons. The Hall–Kier alpha value is -2.09. The van der Waals surface area contributed by atoms with Crippen molar-refractivity contribution in [3.8, 4) is 0 Å². The van der Waals surface area contributed by atoms with E-state index in [2.05, 4.69) is 10.6 Å². The van der Waals surface area contributed by atoms with Crippen LogP contribution in [0.5, 0.6) is 0 Å². The maximum atomic E-state index is 12.4. The van der Waals surface area contributed by atoms with E-state index in [1.165, 1.54) is 18.2 Å². The fourth-order valence-corrected chi connectivity index (χ4v) is 3.46. The van der Waals surface area contributed by atoms with Gasteiger partial charge in [0.25, 0.3) is 5.91 Å². The number of carbonyl (C=O) groups is 2. The topological polar surface area (TPSA) is 92.3 Å². The number of rotatable bonds is 6. The highest BCUT2D eigenvalue weighted by Crippen LogP contribution is 2.25. The SMILES string of the molecule is CC(NC(=O)c1cccc(Cl)c1Cl)C(=O)NC(C)c1ccc(S(C)(=O)=O)cc1. The number of sulfone groups is 1. The molecule has 2 N–H and O–H groups in total. The molecule has 9 heteroatoms. The maximum Gasteiger partial charge on any atom is 0.253 e. The maximum absolute atomic E-state index is 12.4. The lowest BCUT2D eigenvalue weighted by Gasteiger charge is -2.19. The van der Waals surface area contributed by atoms with Gasteiger partial charge in [-0.2, -0.15) is 0 Å². The Kier molecular flexibility index (Phi) is 7.09. The molecule has 150 valence electrons. The van der Waals surface area contributed by atoms with Crippen molar-refractivity contribution in [1.82, 2.24) is 10.6 Å². The molecule has 0 heterocycles. The quantitative estimate of drug-likeness (QED) is 0.716. The summed E-state index contributed by atoms with van der Waals surface area (Å²) in [6, 6.07) is 9.71. The van der Waals surface area contributed by atoms with E-state index in [1.807, 2.05) is 0 Å². The Labute approximate surface area is 174 Å². The normalized spacial score (nSPS) is 13.5. The number of hydrogen-bond donors (Lipinski definition) is 2. The zero-order valence-electron chi connectivity index (χ0n) is 15.5. The van der Waals surface area contributed by atoms with Gasteiger partial charge in [0.05, 0.1) is 26.5 Å². The van der Waals surface area contributed by atoms with Gasteiger partial charge in [0.15, 0.2) is 9.84 Å². The fraction of sp³-hybridized carbons (Fsp3) is 0.263. The Balaban J connectivity index is 2.01. The standard InChI is InChI=1S/C19H20Cl2N2O4S/c1-11(13-7-9-14(10-8-13)28(3,26)27)22-18(24)12(2)23-19(25)15-5-4-6-16(20)17(15)21/h4-12H,1-3H3,(H,22,24)(H,23,25). The van der Waals surface area contributed by atoms with Gasteiger partial charge >= 0.3 is 0 Å². The van der Waals surface area contributed by atoms with E-state index in [4.69, 9.17) is 23.2 Å². The first-order valence-electron chi connectivity index (χ1n) is 8.36. The fourth-order valence-electron chi connectivity index (χ4n) is 2.44. The highest BCUT2D eigenvalue weighted by atomic mass is 35.5. The van der Waals surface area contributed by atoms with Crippen LogP contribution in [0.25, 0.3) is 0 Å². The Bertz CT molecular complexity index is 991. The molecule has 0 aromatic heterocycles. The third kappa shape index (κ3) is 5.47. The van der Waals surface area contributed by atoms with Gasteiger partial charge in [0.1, 0.15) is 6.04 Å². The van der Waals surface area contributed by atoms with Crippen LogP contribution in [0.1, 0.15) is 35.8 Å². The molecule has 0 bridgehead atoms. The summed E-state index contributed by atoms with van der Waals surface area (Å²) in [4.78, 5) is 24.9. The van der Waals surface area contributed by atoms with E-state index in [-0.39, 0.29) is 26.5 Å². The molecular weight excluding hydrogens is 423 g/mol. The molecule has 2 rings (SSSR count). The molecule has 0 fully saturated rings. The van der Waals surface area contributed by atoms with Gasteiger partial charge in [-0.25, -0.2) is 8.42 Å². The first-order chi connectivity index (χ1) is 13.0. The van der Waals surface area contributed by atoms with Crippen molar-refractivity contribution < 1.29 is 18.0 Å². The molecule has 2 unspecified atom stereocenters. The summed E-state index contributed by atoms with van der Waals surface area (Å²) >= 11 is 11.9. The minimum Gasteiger partial charge on any atom is -0.348 e. The highest BCUT2D eigenvalue weighted by Gasteiger charge is 2.21. The minimum absolute atomic E-state index is 0.119. The van der Waals surface area contributed by atoms with Gasteiger partial charge in [0, 0.05) is 6.26 Å². The average molecular weight is 443 g/mol. The van der Waals surface area contributed by atoms with Crippen LogP contribution < -0.4 is 10.6 Å². The van der Waals surface area contributed by atoms with Crippen LogP contribution in [0.15, 0.2) is 47.4 Å². The van der Waals surface area contributed by atoms with Gasteiger partial charge in [-0.3, -0.25) is 9.59 Å². The highest BCUT2D eigenvalue weighted by molar-refractivity contribution is 7.90. The molecule has 2 aromatic rings. The third-order valence-electron chi connectivity index (χ3n) is 4.10. The van der Waals surface area contributed by atoms with E-state index >= 15 is 0 Å². The lowest BCUT2D eigenvalue weighted by atomic mass is 10.1. The van der Waals surface area contributed by atoms with Crippen LogP contribution >= 0.6 is 23.2 Å². The molecule has 0 spiro atoms. The lowest BCUT2D eigenvalue weighted by molar-refractivity contribution is -0.123. The zero-order chi connectivity index (χ0) is 21.1. The molecule has 0 aliphatic carbocycles. The summed E-state index contributed by atoms with van der Waals surface area (Å²) in [7, 11) is -3.28. The summed E-state index contributed by atoms with van der Waals surface area (Å²) in [6.07, 6.45) is 1.13. The van der Waals surface area contributed by atoms with Gasteiger partial charge in [-0.05, 0) is 43.7 Å². The predicted molar refractivity (Wildman–Crippen MR) is 109 cm³/mol. The number of amides is 2. The third-order valence-corrected chi connectivity index (χ3v) is 6.05. The van der Waals surface area contributed by atoms with Gasteiger partial charge in [-0.15, -0.1) is 0 Å². The number of halogens is 2. The van der Waals surface area contributed by atoms with Crippen LogP contribution in [0.4, 0.5) is 0 Å². The van der Waals surface area contributed by atoms with Crippen molar-refractivity contribution in [2.75, 3.05) is 6.26 Å². The second-order valence-corrected chi connectivity index (χ2v) is 9.17. The first-order valence-corrected chi connectivity index (χ1v) is 11.0. The van der Waals surface area contributed by atoms with Crippen molar-refractivity contribution in [3.63, 3.8) is 0 Å². The smallest absolute Gasteiger partial charge is 0.253 e. The van der Waals surface area contributed by atoms with Gasteiger partial charge < -0.3 is 10.6 Å². The van der Waals surface area contributed by atoms with E-state index in [1.54, 1.807) is 38.1 Å². The summed E-state index contributed by atoms with van der Waals surface area (Å²) in [5.74, 6) is -0.911. The Morgan fingerprint density at radius 2 is 1.57 bits per heavy atom. The van der Waals surface area contributed by atoms with Crippen LogP contribution in [-0.4, -0.2) is 32.5 Å². The van der Waals surface area contributed by atoms with Crippen LogP contribution in [0, 0.1) is 0 Å². The Morgan fingerprint density at radius 1 is 0.964 bits per heavy atom.